The monoisotopic (exact) mass is 302 g/mol. The van der Waals surface area contributed by atoms with Gasteiger partial charge >= 0.3 is 0 Å². The molecule has 0 bridgehead atoms. The molecule has 0 N–H and O–H groups in total. The van der Waals surface area contributed by atoms with Gasteiger partial charge in [0.05, 0.1) is 6.04 Å². The van der Waals surface area contributed by atoms with Crippen LogP contribution in [0.4, 0.5) is 0 Å². The molecule has 3 nitrogen and oxygen atoms in total. The number of hydrogen-bond acceptors (Lipinski definition) is 1. The standard InChI is InChI=1S/C17H19ClN2O/c1-11-5-6-14-13(9-11)12-3-2-4-15-17(12)20(14)8-7-19(15)16(21)10-18/h5-6,9,15H,2-4,7-8,10H2,1H3/t15-/m1/s1. The molecule has 0 radical (unpaired) electrons. The van der Waals surface area contributed by atoms with Crippen molar-refractivity contribution < 1.29 is 4.79 Å². The van der Waals surface area contributed by atoms with E-state index in [0.717, 1.165) is 32.4 Å². The number of nitrogens with zero attached hydrogens (tertiary/aromatic N) is 2. The Morgan fingerprint density at radius 1 is 1.38 bits per heavy atom. The lowest BCUT2D eigenvalue weighted by atomic mass is 9.89. The Morgan fingerprint density at radius 2 is 2.24 bits per heavy atom. The number of fused-ring (bicyclic) bond motifs is 3. The molecule has 4 rings (SSSR count). The maximum atomic E-state index is 12.1. The summed E-state index contributed by atoms with van der Waals surface area (Å²) < 4.78 is 2.44. The van der Waals surface area contributed by atoms with Crippen LogP contribution in [0.3, 0.4) is 0 Å². The van der Waals surface area contributed by atoms with Gasteiger partial charge in [0.25, 0.3) is 0 Å². The minimum atomic E-state index is 0.0715. The van der Waals surface area contributed by atoms with Crippen molar-refractivity contribution in [1.82, 2.24) is 9.47 Å². The Balaban J connectivity index is 1.94. The van der Waals surface area contributed by atoms with Crippen LogP contribution in [-0.2, 0) is 17.8 Å². The van der Waals surface area contributed by atoms with E-state index >= 15 is 0 Å². The molecule has 0 spiro atoms. The smallest absolute Gasteiger partial charge is 0.238 e. The molecule has 1 aliphatic heterocycles. The predicted molar refractivity (Wildman–Crippen MR) is 84.8 cm³/mol. The van der Waals surface area contributed by atoms with Gasteiger partial charge in [0.1, 0.15) is 5.88 Å². The first kappa shape index (κ1) is 13.2. The van der Waals surface area contributed by atoms with Crippen molar-refractivity contribution >= 4 is 28.4 Å². The Kier molecular flexibility index (Phi) is 3.00. The van der Waals surface area contributed by atoms with E-state index in [9.17, 15) is 4.79 Å². The van der Waals surface area contributed by atoms with Crippen LogP contribution in [0.2, 0.25) is 0 Å². The Morgan fingerprint density at radius 3 is 3.05 bits per heavy atom. The largest absolute Gasteiger partial charge is 0.341 e. The number of aryl methyl sites for hydroxylation is 2. The van der Waals surface area contributed by atoms with Gasteiger partial charge in [-0.05, 0) is 43.9 Å². The second-order valence-electron chi connectivity index (χ2n) is 6.16. The van der Waals surface area contributed by atoms with E-state index in [-0.39, 0.29) is 17.8 Å². The van der Waals surface area contributed by atoms with Gasteiger partial charge in [-0.25, -0.2) is 0 Å². The summed E-state index contributed by atoms with van der Waals surface area (Å²) in [5.41, 5.74) is 5.46. The van der Waals surface area contributed by atoms with E-state index in [1.165, 1.54) is 27.7 Å². The molecule has 1 amide bonds. The molecule has 2 heterocycles. The van der Waals surface area contributed by atoms with Crippen molar-refractivity contribution in [2.75, 3.05) is 12.4 Å². The molecule has 1 atom stereocenters. The quantitative estimate of drug-likeness (QED) is 0.741. The van der Waals surface area contributed by atoms with Crippen LogP contribution >= 0.6 is 11.6 Å². The minimum Gasteiger partial charge on any atom is -0.341 e. The van der Waals surface area contributed by atoms with E-state index in [1.807, 2.05) is 4.90 Å². The lowest BCUT2D eigenvalue weighted by Crippen LogP contribution is -2.43. The van der Waals surface area contributed by atoms with Gasteiger partial charge in [-0.3, -0.25) is 4.79 Å². The highest BCUT2D eigenvalue weighted by Gasteiger charge is 2.36. The van der Waals surface area contributed by atoms with Crippen LogP contribution in [-0.4, -0.2) is 27.8 Å². The van der Waals surface area contributed by atoms with E-state index in [4.69, 9.17) is 11.6 Å². The summed E-state index contributed by atoms with van der Waals surface area (Å²) >= 11 is 5.79. The molecule has 2 aliphatic rings. The SMILES string of the molecule is Cc1ccc2c(c1)c1c3n2CCN(C(=O)CCl)[C@@H]3CCC1. The van der Waals surface area contributed by atoms with E-state index < -0.39 is 0 Å². The van der Waals surface area contributed by atoms with E-state index in [2.05, 4.69) is 29.7 Å². The highest BCUT2D eigenvalue weighted by atomic mass is 35.5. The summed E-state index contributed by atoms with van der Waals surface area (Å²) in [7, 11) is 0. The number of amides is 1. The fourth-order valence-corrected chi connectivity index (χ4v) is 4.25. The first-order valence-electron chi connectivity index (χ1n) is 7.67. The number of aromatic nitrogens is 1. The molecule has 0 unspecified atom stereocenters. The molecule has 0 saturated heterocycles. The van der Waals surface area contributed by atoms with Crippen molar-refractivity contribution in [1.29, 1.82) is 0 Å². The maximum Gasteiger partial charge on any atom is 0.238 e. The molecule has 0 fully saturated rings. The fourth-order valence-electron chi connectivity index (χ4n) is 4.09. The van der Waals surface area contributed by atoms with Gasteiger partial charge in [-0.15, -0.1) is 11.6 Å². The van der Waals surface area contributed by atoms with Crippen LogP contribution in [0.15, 0.2) is 18.2 Å². The zero-order valence-electron chi connectivity index (χ0n) is 12.2. The Bertz CT molecular complexity index is 734. The summed E-state index contributed by atoms with van der Waals surface area (Å²) in [6.45, 7) is 3.81. The topological polar surface area (TPSA) is 25.2 Å². The number of carbonyl (C=O) groups is 1. The molecule has 21 heavy (non-hydrogen) atoms. The zero-order chi connectivity index (χ0) is 14.6. The third-order valence-electron chi connectivity index (χ3n) is 4.96. The van der Waals surface area contributed by atoms with Crippen molar-refractivity contribution in [2.45, 2.75) is 38.8 Å². The van der Waals surface area contributed by atoms with Gasteiger partial charge in [0, 0.05) is 29.7 Å². The van der Waals surface area contributed by atoms with Crippen LogP contribution < -0.4 is 0 Å². The number of carbonyl (C=O) groups excluding carboxylic acids is 1. The van der Waals surface area contributed by atoms with Crippen LogP contribution in [0, 0.1) is 6.92 Å². The Labute approximate surface area is 129 Å². The minimum absolute atomic E-state index is 0.0715. The second kappa shape index (κ2) is 4.77. The first-order valence-corrected chi connectivity index (χ1v) is 8.21. The van der Waals surface area contributed by atoms with Crippen molar-refractivity contribution in [3.63, 3.8) is 0 Å². The van der Waals surface area contributed by atoms with Gasteiger partial charge in [-0.2, -0.15) is 0 Å². The number of halogens is 1. The van der Waals surface area contributed by atoms with Crippen molar-refractivity contribution in [3.05, 3.63) is 35.0 Å². The first-order chi connectivity index (χ1) is 10.2. The second-order valence-corrected chi connectivity index (χ2v) is 6.43. The third-order valence-corrected chi connectivity index (χ3v) is 5.19. The van der Waals surface area contributed by atoms with Gasteiger partial charge in [0.2, 0.25) is 5.91 Å². The van der Waals surface area contributed by atoms with Crippen LogP contribution in [0.25, 0.3) is 10.9 Å². The number of alkyl halides is 1. The molecule has 1 aromatic heterocycles. The lowest BCUT2D eigenvalue weighted by Gasteiger charge is -2.39. The van der Waals surface area contributed by atoms with E-state index in [0.29, 0.717) is 0 Å². The molecule has 0 saturated carbocycles. The number of rotatable bonds is 1. The molecule has 1 aromatic carbocycles. The molecule has 110 valence electrons. The normalized spacial score (nSPS) is 20.7. The molecule has 2 aromatic rings. The highest BCUT2D eigenvalue weighted by Crippen LogP contribution is 2.42. The molecular weight excluding hydrogens is 284 g/mol. The van der Waals surface area contributed by atoms with Gasteiger partial charge in [-0.1, -0.05) is 11.6 Å². The summed E-state index contributed by atoms with van der Waals surface area (Å²) in [6.07, 6.45) is 3.34. The summed E-state index contributed by atoms with van der Waals surface area (Å²) in [4.78, 5) is 14.1. The van der Waals surface area contributed by atoms with Crippen LogP contribution in [0.5, 0.6) is 0 Å². The Hall–Kier alpha value is -1.48. The van der Waals surface area contributed by atoms with Crippen molar-refractivity contribution in [2.24, 2.45) is 0 Å². The average molecular weight is 303 g/mol. The third kappa shape index (κ3) is 1.83. The van der Waals surface area contributed by atoms with Crippen LogP contribution in [0.1, 0.15) is 35.7 Å². The predicted octanol–water partition coefficient (Wildman–Crippen LogP) is 3.41. The average Bonchev–Trinajstić information content (AvgIpc) is 2.83. The summed E-state index contributed by atoms with van der Waals surface area (Å²) in [5, 5.41) is 1.38. The number of benzene rings is 1. The molecular formula is C17H19ClN2O. The molecule has 1 aliphatic carbocycles. The van der Waals surface area contributed by atoms with Gasteiger partial charge < -0.3 is 9.47 Å². The zero-order valence-corrected chi connectivity index (χ0v) is 13.0. The van der Waals surface area contributed by atoms with E-state index in [1.54, 1.807) is 0 Å². The summed E-state index contributed by atoms with van der Waals surface area (Å²) in [5.74, 6) is 0.160. The van der Waals surface area contributed by atoms with Crippen molar-refractivity contribution in [3.8, 4) is 0 Å². The summed E-state index contributed by atoms with van der Waals surface area (Å²) in [6, 6.07) is 6.94. The molecule has 4 heteroatoms. The number of hydrogen-bond donors (Lipinski definition) is 0. The lowest BCUT2D eigenvalue weighted by molar-refractivity contribution is -0.132. The fraction of sp³-hybridized carbons (Fsp3) is 0.471. The van der Waals surface area contributed by atoms with Gasteiger partial charge in [0.15, 0.2) is 0 Å². The maximum absolute atomic E-state index is 12.1. The highest BCUT2D eigenvalue weighted by molar-refractivity contribution is 6.27.